The fourth-order valence-electron chi connectivity index (χ4n) is 1.26. The summed E-state index contributed by atoms with van der Waals surface area (Å²) < 4.78 is 0. The van der Waals surface area contributed by atoms with Gasteiger partial charge in [0, 0.05) is 13.1 Å². The average Bonchev–Trinajstić information content (AvgIpc) is 2.67. The van der Waals surface area contributed by atoms with Crippen LogP contribution in [-0.2, 0) is 0 Å². The SMILES string of the molecule is CCC(O)(CC)CNC1=NCCN1. The van der Waals surface area contributed by atoms with E-state index >= 15 is 0 Å². The minimum atomic E-state index is -0.590. The molecule has 13 heavy (non-hydrogen) atoms. The van der Waals surface area contributed by atoms with Gasteiger partial charge in [0.05, 0.1) is 12.1 Å². The van der Waals surface area contributed by atoms with E-state index in [0.717, 1.165) is 31.9 Å². The highest BCUT2D eigenvalue weighted by Crippen LogP contribution is 2.12. The predicted molar refractivity (Wildman–Crippen MR) is 53.8 cm³/mol. The monoisotopic (exact) mass is 185 g/mol. The minimum absolute atomic E-state index is 0.575. The van der Waals surface area contributed by atoms with Gasteiger partial charge >= 0.3 is 0 Å². The van der Waals surface area contributed by atoms with Gasteiger partial charge in [0.15, 0.2) is 5.96 Å². The van der Waals surface area contributed by atoms with Gasteiger partial charge in [-0.05, 0) is 12.8 Å². The summed E-state index contributed by atoms with van der Waals surface area (Å²) >= 11 is 0. The van der Waals surface area contributed by atoms with Crippen LogP contribution in [0, 0.1) is 0 Å². The molecule has 0 fully saturated rings. The van der Waals surface area contributed by atoms with Crippen molar-refractivity contribution >= 4 is 5.96 Å². The maximum absolute atomic E-state index is 9.94. The first-order chi connectivity index (χ1) is 6.20. The van der Waals surface area contributed by atoms with Gasteiger partial charge < -0.3 is 15.7 Å². The van der Waals surface area contributed by atoms with Crippen LogP contribution in [0.4, 0.5) is 0 Å². The van der Waals surface area contributed by atoms with Gasteiger partial charge in [-0.1, -0.05) is 13.8 Å². The van der Waals surface area contributed by atoms with Crippen molar-refractivity contribution in [3.8, 4) is 0 Å². The lowest BCUT2D eigenvalue weighted by atomic mass is 9.98. The Morgan fingerprint density at radius 1 is 1.54 bits per heavy atom. The molecule has 0 amide bonds. The number of hydrogen-bond donors (Lipinski definition) is 3. The van der Waals surface area contributed by atoms with Crippen molar-refractivity contribution in [3.05, 3.63) is 0 Å². The van der Waals surface area contributed by atoms with Crippen LogP contribution in [0.5, 0.6) is 0 Å². The van der Waals surface area contributed by atoms with Crippen molar-refractivity contribution in [1.82, 2.24) is 10.6 Å². The second-order valence-corrected chi connectivity index (χ2v) is 3.44. The molecule has 0 spiro atoms. The second-order valence-electron chi connectivity index (χ2n) is 3.44. The van der Waals surface area contributed by atoms with E-state index in [-0.39, 0.29) is 0 Å². The zero-order chi connectivity index (χ0) is 9.73. The molecule has 0 radical (unpaired) electrons. The third kappa shape index (κ3) is 2.88. The third-order valence-electron chi connectivity index (χ3n) is 2.58. The first kappa shape index (κ1) is 10.3. The minimum Gasteiger partial charge on any atom is -0.388 e. The van der Waals surface area contributed by atoms with Crippen LogP contribution < -0.4 is 10.6 Å². The highest BCUT2D eigenvalue weighted by atomic mass is 16.3. The van der Waals surface area contributed by atoms with Crippen molar-refractivity contribution in [2.45, 2.75) is 32.3 Å². The van der Waals surface area contributed by atoms with E-state index < -0.39 is 5.60 Å². The Bertz CT molecular complexity index is 187. The van der Waals surface area contributed by atoms with E-state index in [0.29, 0.717) is 6.54 Å². The molecular formula is C9H19N3O. The lowest BCUT2D eigenvalue weighted by Crippen LogP contribution is -2.45. The van der Waals surface area contributed by atoms with Crippen molar-refractivity contribution in [3.63, 3.8) is 0 Å². The number of aliphatic hydroxyl groups is 1. The molecule has 0 saturated heterocycles. The van der Waals surface area contributed by atoms with Crippen LogP contribution in [0.25, 0.3) is 0 Å². The zero-order valence-corrected chi connectivity index (χ0v) is 8.43. The number of hydrogen-bond acceptors (Lipinski definition) is 4. The van der Waals surface area contributed by atoms with Crippen molar-refractivity contribution < 1.29 is 5.11 Å². The summed E-state index contributed by atoms with van der Waals surface area (Å²) in [5, 5.41) is 16.2. The van der Waals surface area contributed by atoms with Gasteiger partial charge in [0.2, 0.25) is 0 Å². The van der Waals surface area contributed by atoms with Gasteiger partial charge in [0.25, 0.3) is 0 Å². The van der Waals surface area contributed by atoms with Crippen LogP contribution in [0.1, 0.15) is 26.7 Å². The normalized spacial score (nSPS) is 16.7. The molecule has 0 atom stereocenters. The smallest absolute Gasteiger partial charge is 0.191 e. The van der Waals surface area contributed by atoms with Crippen molar-refractivity contribution in [1.29, 1.82) is 0 Å². The van der Waals surface area contributed by atoms with Crippen LogP contribution >= 0.6 is 0 Å². The summed E-state index contributed by atoms with van der Waals surface area (Å²) in [4.78, 5) is 4.19. The lowest BCUT2D eigenvalue weighted by Gasteiger charge is -2.25. The first-order valence-corrected chi connectivity index (χ1v) is 4.95. The molecule has 0 aromatic heterocycles. The molecule has 1 aliphatic heterocycles. The van der Waals surface area contributed by atoms with Gasteiger partial charge in [-0.15, -0.1) is 0 Å². The Morgan fingerprint density at radius 2 is 2.23 bits per heavy atom. The first-order valence-electron chi connectivity index (χ1n) is 4.95. The quantitative estimate of drug-likeness (QED) is 0.581. The molecule has 76 valence electrons. The van der Waals surface area contributed by atoms with Gasteiger partial charge in [-0.3, -0.25) is 4.99 Å². The molecule has 0 aromatic rings. The van der Waals surface area contributed by atoms with Crippen molar-refractivity contribution in [2.75, 3.05) is 19.6 Å². The largest absolute Gasteiger partial charge is 0.388 e. The van der Waals surface area contributed by atoms with Crippen LogP contribution in [0.3, 0.4) is 0 Å². The predicted octanol–water partition coefficient (Wildman–Crippen LogP) is 0.0863. The molecule has 0 aliphatic carbocycles. The number of nitrogens with zero attached hydrogens (tertiary/aromatic N) is 1. The van der Waals surface area contributed by atoms with Crippen LogP contribution in [0.15, 0.2) is 4.99 Å². The summed E-state index contributed by atoms with van der Waals surface area (Å²) in [6.45, 7) is 6.30. The molecule has 1 rings (SSSR count). The molecule has 0 unspecified atom stereocenters. The molecule has 1 aliphatic rings. The Hall–Kier alpha value is -0.770. The number of aliphatic imine (C=N–C) groups is 1. The highest BCUT2D eigenvalue weighted by Gasteiger charge is 2.22. The van der Waals surface area contributed by atoms with E-state index in [9.17, 15) is 5.11 Å². The summed E-state index contributed by atoms with van der Waals surface area (Å²) in [5.41, 5.74) is -0.590. The molecular weight excluding hydrogens is 166 g/mol. The highest BCUT2D eigenvalue weighted by molar-refractivity contribution is 5.81. The molecule has 4 heteroatoms. The van der Waals surface area contributed by atoms with Crippen LogP contribution in [-0.4, -0.2) is 36.3 Å². The Kier molecular flexibility index (Phi) is 3.54. The summed E-state index contributed by atoms with van der Waals surface area (Å²) in [7, 11) is 0. The molecule has 1 heterocycles. The maximum atomic E-state index is 9.94. The second kappa shape index (κ2) is 4.46. The Balaban J connectivity index is 2.31. The number of nitrogens with one attached hydrogen (secondary N) is 2. The third-order valence-corrected chi connectivity index (χ3v) is 2.58. The Morgan fingerprint density at radius 3 is 2.69 bits per heavy atom. The van der Waals surface area contributed by atoms with Gasteiger partial charge in [-0.25, -0.2) is 0 Å². The topological polar surface area (TPSA) is 56.6 Å². The fraction of sp³-hybridized carbons (Fsp3) is 0.889. The fourth-order valence-corrected chi connectivity index (χ4v) is 1.26. The summed E-state index contributed by atoms with van der Waals surface area (Å²) in [5.74, 6) is 0.820. The summed E-state index contributed by atoms with van der Waals surface area (Å²) in [6.07, 6.45) is 1.54. The van der Waals surface area contributed by atoms with E-state index in [1.165, 1.54) is 0 Å². The molecule has 0 aromatic carbocycles. The van der Waals surface area contributed by atoms with E-state index in [2.05, 4.69) is 15.6 Å². The number of guanidine groups is 1. The average molecular weight is 185 g/mol. The summed E-state index contributed by atoms with van der Waals surface area (Å²) in [6, 6.07) is 0. The van der Waals surface area contributed by atoms with Crippen LogP contribution in [0.2, 0.25) is 0 Å². The van der Waals surface area contributed by atoms with E-state index in [4.69, 9.17) is 0 Å². The molecule has 0 saturated carbocycles. The number of rotatable bonds is 4. The lowest BCUT2D eigenvalue weighted by molar-refractivity contribution is 0.0368. The molecule has 3 N–H and O–H groups in total. The standard InChI is InChI=1S/C9H19N3O/c1-3-9(13,4-2)7-12-8-10-5-6-11-8/h13H,3-7H2,1-2H3,(H2,10,11,12). The molecule has 4 nitrogen and oxygen atoms in total. The van der Waals surface area contributed by atoms with Crippen molar-refractivity contribution in [2.24, 2.45) is 4.99 Å². The maximum Gasteiger partial charge on any atom is 0.191 e. The zero-order valence-electron chi connectivity index (χ0n) is 8.43. The molecule has 0 bridgehead atoms. The van der Waals surface area contributed by atoms with Gasteiger partial charge in [0.1, 0.15) is 0 Å². The van der Waals surface area contributed by atoms with E-state index in [1.807, 2.05) is 13.8 Å². The Labute approximate surface area is 79.4 Å². The van der Waals surface area contributed by atoms with E-state index in [1.54, 1.807) is 0 Å². The van der Waals surface area contributed by atoms with Gasteiger partial charge in [-0.2, -0.15) is 0 Å².